The van der Waals surface area contributed by atoms with Crippen LogP contribution < -0.4 is 4.74 Å². The highest BCUT2D eigenvalue weighted by Crippen LogP contribution is 2.48. The minimum atomic E-state index is 0.897. The van der Waals surface area contributed by atoms with Gasteiger partial charge >= 0.3 is 0 Å². The van der Waals surface area contributed by atoms with Crippen LogP contribution in [0.3, 0.4) is 0 Å². The topological polar surface area (TPSA) is 22.1 Å². The summed E-state index contributed by atoms with van der Waals surface area (Å²) in [5.41, 5.74) is 4.57. The molecule has 0 saturated heterocycles. The van der Waals surface area contributed by atoms with E-state index in [1.54, 1.807) is 0 Å². The number of nitrogens with zero attached hydrogens (tertiary/aromatic N) is 1. The fourth-order valence-corrected chi connectivity index (χ4v) is 3.76. The number of pyridine rings is 1. The lowest BCUT2D eigenvalue weighted by atomic mass is 9.92. The lowest BCUT2D eigenvalue weighted by Gasteiger charge is -2.23. The van der Waals surface area contributed by atoms with E-state index in [9.17, 15) is 0 Å². The molecule has 0 radical (unpaired) electrons. The van der Waals surface area contributed by atoms with Gasteiger partial charge in [-0.3, -0.25) is 4.98 Å². The van der Waals surface area contributed by atoms with Gasteiger partial charge in [0, 0.05) is 17.3 Å². The molecule has 110 valence electrons. The fourth-order valence-electron chi connectivity index (χ4n) is 3.76. The zero-order valence-electron chi connectivity index (χ0n) is 13.1. The molecule has 0 atom stereocenters. The highest BCUT2D eigenvalue weighted by atomic mass is 16.5. The Kier molecular flexibility index (Phi) is 2.38. The highest BCUT2D eigenvalue weighted by molar-refractivity contribution is 6.06. The molecule has 5 rings (SSSR count). The molecule has 4 aromatic rings. The summed E-state index contributed by atoms with van der Waals surface area (Å²) in [4.78, 5) is 4.67. The second-order valence-corrected chi connectivity index (χ2v) is 6.17. The molecule has 2 heterocycles. The lowest BCUT2D eigenvalue weighted by molar-refractivity contribution is 0.483. The predicted octanol–water partition coefficient (Wildman–Crippen LogP) is 5.78. The molecule has 1 aliphatic heterocycles. The average molecular weight is 297 g/mol. The molecule has 0 aliphatic carbocycles. The summed E-state index contributed by atoms with van der Waals surface area (Å²) < 4.78 is 6.30. The molecule has 2 nitrogen and oxygen atoms in total. The first-order valence-electron chi connectivity index (χ1n) is 7.83. The SMILES string of the molecule is Cc1cccc2cc3c(c(C)c12)Oc1cccc2ccnc-3c12. The molecule has 0 spiro atoms. The number of fused-ring (bicyclic) bond motifs is 3. The Hall–Kier alpha value is -2.87. The Morgan fingerprint density at radius 2 is 1.70 bits per heavy atom. The van der Waals surface area contributed by atoms with Crippen LogP contribution in [0.25, 0.3) is 32.8 Å². The van der Waals surface area contributed by atoms with Crippen LogP contribution >= 0.6 is 0 Å². The number of rotatable bonds is 0. The van der Waals surface area contributed by atoms with E-state index in [0.717, 1.165) is 28.1 Å². The fraction of sp³-hybridized carbons (Fsp3) is 0.0952. The molecule has 0 bridgehead atoms. The number of aryl methyl sites for hydroxylation is 2. The van der Waals surface area contributed by atoms with E-state index in [0.29, 0.717) is 0 Å². The number of ether oxygens (including phenoxy) is 1. The molecule has 1 aromatic heterocycles. The Labute approximate surface area is 134 Å². The van der Waals surface area contributed by atoms with E-state index >= 15 is 0 Å². The van der Waals surface area contributed by atoms with Crippen LogP contribution in [0.2, 0.25) is 0 Å². The maximum Gasteiger partial charge on any atom is 0.140 e. The molecule has 0 unspecified atom stereocenters. The highest BCUT2D eigenvalue weighted by Gasteiger charge is 2.24. The van der Waals surface area contributed by atoms with Crippen LogP contribution in [0, 0.1) is 13.8 Å². The second kappa shape index (κ2) is 4.32. The van der Waals surface area contributed by atoms with Crippen molar-refractivity contribution in [1.29, 1.82) is 0 Å². The van der Waals surface area contributed by atoms with Crippen LogP contribution in [0.5, 0.6) is 11.5 Å². The van der Waals surface area contributed by atoms with Crippen molar-refractivity contribution in [2.24, 2.45) is 0 Å². The molecule has 2 heteroatoms. The van der Waals surface area contributed by atoms with Crippen molar-refractivity contribution in [3.05, 3.63) is 65.9 Å². The van der Waals surface area contributed by atoms with Gasteiger partial charge in [0.25, 0.3) is 0 Å². The van der Waals surface area contributed by atoms with E-state index < -0.39 is 0 Å². The van der Waals surface area contributed by atoms with Crippen LogP contribution in [-0.2, 0) is 0 Å². The molecular formula is C21H15NO. The van der Waals surface area contributed by atoms with Gasteiger partial charge in [0.2, 0.25) is 0 Å². The van der Waals surface area contributed by atoms with E-state index in [1.807, 2.05) is 24.4 Å². The first kappa shape index (κ1) is 12.7. The summed E-state index contributed by atoms with van der Waals surface area (Å²) >= 11 is 0. The van der Waals surface area contributed by atoms with Crippen molar-refractivity contribution >= 4 is 21.5 Å². The lowest BCUT2D eigenvalue weighted by Crippen LogP contribution is -2.01. The van der Waals surface area contributed by atoms with E-state index in [4.69, 9.17) is 4.74 Å². The first-order chi connectivity index (χ1) is 11.2. The normalized spacial score (nSPS) is 12.3. The third-order valence-electron chi connectivity index (χ3n) is 4.79. The van der Waals surface area contributed by atoms with Crippen molar-refractivity contribution in [2.45, 2.75) is 13.8 Å². The van der Waals surface area contributed by atoms with Crippen LogP contribution in [0.4, 0.5) is 0 Å². The molecule has 0 saturated carbocycles. The summed E-state index contributed by atoms with van der Waals surface area (Å²) in [6.45, 7) is 4.29. The monoisotopic (exact) mass is 297 g/mol. The minimum Gasteiger partial charge on any atom is -0.456 e. The number of hydrogen-bond acceptors (Lipinski definition) is 2. The summed E-state index contributed by atoms with van der Waals surface area (Å²) in [7, 11) is 0. The zero-order chi connectivity index (χ0) is 15.6. The Morgan fingerprint density at radius 1 is 0.870 bits per heavy atom. The van der Waals surface area contributed by atoms with Gasteiger partial charge < -0.3 is 4.74 Å². The minimum absolute atomic E-state index is 0.897. The molecule has 0 amide bonds. The quantitative estimate of drug-likeness (QED) is 0.361. The predicted molar refractivity (Wildman–Crippen MR) is 94.2 cm³/mol. The Morgan fingerprint density at radius 3 is 2.61 bits per heavy atom. The molecule has 0 fully saturated rings. The number of hydrogen-bond donors (Lipinski definition) is 0. The van der Waals surface area contributed by atoms with Crippen molar-refractivity contribution in [1.82, 2.24) is 4.98 Å². The molecule has 1 aliphatic rings. The van der Waals surface area contributed by atoms with Gasteiger partial charge in [0.1, 0.15) is 11.5 Å². The van der Waals surface area contributed by atoms with Crippen molar-refractivity contribution < 1.29 is 4.74 Å². The summed E-state index contributed by atoms with van der Waals surface area (Å²) in [6, 6.07) is 16.8. The van der Waals surface area contributed by atoms with Crippen molar-refractivity contribution in [3.8, 4) is 22.8 Å². The maximum atomic E-state index is 6.30. The van der Waals surface area contributed by atoms with Crippen LogP contribution in [0.1, 0.15) is 11.1 Å². The number of benzene rings is 3. The standard InChI is InChI=1S/C21H15NO/c1-12-5-3-7-15-11-16-20-19-14(9-10-22-20)6-4-8-17(19)23-21(16)13(2)18(12)15/h3-11H,1-2H3. The van der Waals surface area contributed by atoms with Gasteiger partial charge in [-0.1, -0.05) is 30.3 Å². The first-order valence-corrected chi connectivity index (χ1v) is 7.83. The smallest absolute Gasteiger partial charge is 0.140 e. The van der Waals surface area contributed by atoms with Gasteiger partial charge in [0.05, 0.1) is 11.1 Å². The summed E-state index contributed by atoms with van der Waals surface area (Å²) in [5.74, 6) is 1.83. The largest absolute Gasteiger partial charge is 0.456 e. The molecule has 3 aromatic carbocycles. The van der Waals surface area contributed by atoms with Crippen molar-refractivity contribution in [2.75, 3.05) is 0 Å². The maximum absolute atomic E-state index is 6.30. The van der Waals surface area contributed by atoms with Gasteiger partial charge in [-0.15, -0.1) is 0 Å². The summed E-state index contributed by atoms with van der Waals surface area (Å²) in [5, 5.41) is 4.79. The molecule has 23 heavy (non-hydrogen) atoms. The molecular weight excluding hydrogens is 282 g/mol. The van der Waals surface area contributed by atoms with E-state index in [-0.39, 0.29) is 0 Å². The van der Waals surface area contributed by atoms with E-state index in [2.05, 4.69) is 49.2 Å². The third kappa shape index (κ3) is 1.61. The number of aromatic nitrogens is 1. The van der Waals surface area contributed by atoms with Gasteiger partial charge in [0.15, 0.2) is 0 Å². The Balaban J connectivity index is 1.98. The van der Waals surface area contributed by atoms with Crippen LogP contribution in [0.15, 0.2) is 54.7 Å². The van der Waals surface area contributed by atoms with Gasteiger partial charge in [-0.05, 0) is 53.8 Å². The van der Waals surface area contributed by atoms with Crippen LogP contribution in [-0.4, -0.2) is 4.98 Å². The Bertz CT molecular complexity index is 1110. The average Bonchev–Trinajstić information content (AvgIpc) is 2.56. The second-order valence-electron chi connectivity index (χ2n) is 6.17. The third-order valence-corrected chi connectivity index (χ3v) is 4.79. The van der Waals surface area contributed by atoms with Crippen molar-refractivity contribution in [3.63, 3.8) is 0 Å². The zero-order valence-corrected chi connectivity index (χ0v) is 13.1. The summed E-state index contributed by atoms with van der Waals surface area (Å²) in [6.07, 6.45) is 1.88. The van der Waals surface area contributed by atoms with E-state index in [1.165, 1.54) is 27.3 Å². The molecule has 0 N–H and O–H groups in total. The van der Waals surface area contributed by atoms with Gasteiger partial charge in [-0.2, -0.15) is 0 Å². The van der Waals surface area contributed by atoms with Gasteiger partial charge in [-0.25, -0.2) is 0 Å².